The summed E-state index contributed by atoms with van der Waals surface area (Å²) in [4.78, 5) is 10.2. The number of aromatic carboxylic acids is 1. The van der Waals surface area contributed by atoms with Crippen molar-refractivity contribution in [1.82, 2.24) is 0 Å². The first kappa shape index (κ1) is 27.5. The van der Waals surface area contributed by atoms with E-state index in [2.05, 4.69) is 6.92 Å². The van der Waals surface area contributed by atoms with Gasteiger partial charge >= 0.3 is 5.97 Å². The summed E-state index contributed by atoms with van der Waals surface area (Å²) in [6.45, 7) is 3.16. The Balaban J connectivity index is 0.000000651. The molecule has 0 radical (unpaired) electrons. The Bertz CT molecular complexity index is 457. The molecule has 4 N–H and O–H groups in total. The van der Waals surface area contributed by atoms with E-state index >= 15 is 0 Å². The molecule has 0 unspecified atom stereocenters. The van der Waals surface area contributed by atoms with Crippen molar-refractivity contribution >= 4 is 5.97 Å². The smallest absolute Gasteiger partial charge is 0.335 e. The van der Waals surface area contributed by atoms with Crippen LogP contribution in [0, 0.1) is 0 Å². The molecule has 0 saturated heterocycles. The lowest BCUT2D eigenvalue weighted by atomic mass is 10.0. The minimum atomic E-state index is -0.986. The van der Waals surface area contributed by atoms with Gasteiger partial charge in [-0.05, 0) is 37.2 Å². The minimum absolute atomic E-state index is 0.0741. The zero-order valence-electron chi connectivity index (χ0n) is 18.7. The van der Waals surface area contributed by atoms with Crippen molar-refractivity contribution in [3.63, 3.8) is 0 Å². The molecule has 4 heteroatoms. The first-order valence-electron chi connectivity index (χ1n) is 11.8. The van der Waals surface area contributed by atoms with E-state index in [0.717, 1.165) is 6.54 Å². The van der Waals surface area contributed by atoms with Gasteiger partial charge in [-0.3, -0.25) is 0 Å². The van der Waals surface area contributed by atoms with E-state index in [1.807, 2.05) is 0 Å². The molecule has 0 bridgehead atoms. The standard InChI is InChI=1S/C18H39N.C7H6O3/c1-2-3-4-5-6-7-8-9-10-11-12-13-14-15-16-17-18-19;8-6-3-1-5(2-4-6)7(9)10/h2-19H2,1H3;1-4,8H,(H,9,10). The quantitative estimate of drug-likeness (QED) is 0.237. The third-order valence-electron chi connectivity index (χ3n) is 5.17. The Labute approximate surface area is 178 Å². The van der Waals surface area contributed by atoms with Crippen molar-refractivity contribution in [2.24, 2.45) is 5.73 Å². The van der Waals surface area contributed by atoms with Crippen LogP contribution in [0.5, 0.6) is 5.75 Å². The Morgan fingerprint density at radius 2 is 1.03 bits per heavy atom. The molecule has 0 aliphatic carbocycles. The number of rotatable bonds is 17. The Morgan fingerprint density at radius 1 is 0.690 bits per heavy atom. The SMILES string of the molecule is CCCCCCCCCCCCCCCCCCN.O=C(O)c1ccc(O)cc1. The van der Waals surface area contributed by atoms with Crippen molar-refractivity contribution in [2.75, 3.05) is 6.54 Å². The molecule has 0 fully saturated rings. The normalized spacial score (nSPS) is 10.4. The maximum atomic E-state index is 10.2. The van der Waals surface area contributed by atoms with Crippen LogP contribution in [0.15, 0.2) is 24.3 Å². The first-order valence-corrected chi connectivity index (χ1v) is 11.8. The van der Waals surface area contributed by atoms with Crippen LogP contribution >= 0.6 is 0 Å². The van der Waals surface area contributed by atoms with Crippen molar-refractivity contribution in [2.45, 2.75) is 110 Å². The number of phenols is 1. The Morgan fingerprint density at radius 3 is 1.34 bits per heavy atom. The fraction of sp³-hybridized carbons (Fsp3) is 0.720. The summed E-state index contributed by atoms with van der Waals surface area (Å²) in [7, 11) is 0. The predicted octanol–water partition coefficient (Wildman–Crippen LogP) is 7.30. The molecule has 0 aliphatic heterocycles. The maximum Gasteiger partial charge on any atom is 0.335 e. The molecular weight excluding hydrogens is 362 g/mol. The van der Waals surface area contributed by atoms with Crippen LogP contribution in [0.3, 0.4) is 0 Å². The summed E-state index contributed by atoms with van der Waals surface area (Å²) in [5, 5.41) is 17.1. The second-order valence-electron chi connectivity index (χ2n) is 7.94. The van der Waals surface area contributed by atoms with E-state index in [9.17, 15) is 4.79 Å². The molecule has 0 aliphatic rings. The second-order valence-corrected chi connectivity index (χ2v) is 7.94. The van der Waals surface area contributed by atoms with Crippen molar-refractivity contribution in [3.05, 3.63) is 29.8 Å². The third kappa shape index (κ3) is 19.5. The number of carboxylic acids is 1. The van der Waals surface area contributed by atoms with Gasteiger partial charge < -0.3 is 15.9 Å². The molecule has 1 aromatic carbocycles. The number of aromatic hydroxyl groups is 1. The summed E-state index contributed by atoms with van der Waals surface area (Å²) in [6.07, 6.45) is 22.9. The summed E-state index contributed by atoms with van der Waals surface area (Å²) >= 11 is 0. The minimum Gasteiger partial charge on any atom is -0.508 e. The molecule has 1 rings (SSSR count). The van der Waals surface area contributed by atoms with Gasteiger partial charge in [-0.1, -0.05) is 103 Å². The fourth-order valence-corrected chi connectivity index (χ4v) is 3.30. The largest absolute Gasteiger partial charge is 0.508 e. The zero-order chi connectivity index (χ0) is 21.6. The summed E-state index contributed by atoms with van der Waals surface area (Å²) in [5.41, 5.74) is 5.66. The van der Waals surface area contributed by atoms with Crippen molar-refractivity contribution < 1.29 is 15.0 Å². The van der Waals surface area contributed by atoms with E-state index in [4.69, 9.17) is 15.9 Å². The molecule has 29 heavy (non-hydrogen) atoms. The van der Waals surface area contributed by atoms with Gasteiger partial charge in [-0.2, -0.15) is 0 Å². The monoisotopic (exact) mass is 407 g/mol. The Kier molecular flexibility index (Phi) is 20.0. The fourth-order valence-electron chi connectivity index (χ4n) is 3.30. The Hall–Kier alpha value is -1.55. The van der Waals surface area contributed by atoms with Gasteiger partial charge in [0.25, 0.3) is 0 Å². The van der Waals surface area contributed by atoms with Crippen LogP contribution in [0.2, 0.25) is 0 Å². The van der Waals surface area contributed by atoms with Gasteiger partial charge in [0.2, 0.25) is 0 Å². The maximum absolute atomic E-state index is 10.2. The number of hydrogen-bond donors (Lipinski definition) is 3. The highest BCUT2D eigenvalue weighted by molar-refractivity contribution is 5.87. The predicted molar refractivity (Wildman–Crippen MR) is 124 cm³/mol. The summed E-state index contributed by atoms with van der Waals surface area (Å²) < 4.78 is 0. The number of unbranched alkanes of at least 4 members (excludes halogenated alkanes) is 15. The third-order valence-corrected chi connectivity index (χ3v) is 5.17. The van der Waals surface area contributed by atoms with E-state index in [1.54, 1.807) is 0 Å². The number of carboxylic acid groups (broad SMARTS) is 1. The van der Waals surface area contributed by atoms with Crippen LogP contribution in [0.1, 0.15) is 120 Å². The van der Waals surface area contributed by atoms with Gasteiger partial charge in [0.05, 0.1) is 5.56 Å². The summed E-state index contributed by atoms with van der Waals surface area (Å²) in [5.74, 6) is -0.912. The van der Waals surface area contributed by atoms with Gasteiger partial charge in [0.15, 0.2) is 0 Å². The molecule has 0 heterocycles. The van der Waals surface area contributed by atoms with E-state index < -0.39 is 5.97 Å². The number of benzene rings is 1. The topological polar surface area (TPSA) is 83.6 Å². The van der Waals surface area contributed by atoms with Crippen LogP contribution in [-0.4, -0.2) is 22.7 Å². The molecule has 4 nitrogen and oxygen atoms in total. The van der Waals surface area contributed by atoms with Crippen LogP contribution in [0.4, 0.5) is 0 Å². The van der Waals surface area contributed by atoms with Gasteiger partial charge in [-0.15, -0.1) is 0 Å². The van der Waals surface area contributed by atoms with E-state index in [1.165, 1.54) is 127 Å². The number of hydrogen-bond acceptors (Lipinski definition) is 3. The van der Waals surface area contributed by atoms with E-state index in [-0.39, 0.29) is 11.3 Å². The average Bonchev–Trinajstić information content (AvgIpc) is 2.72. The lowest BCUT2D eigenvalue weighted by Gasteiger charge is -2.03. The van der Waals surface area contributed by atoms with Crippen molar-refractivity contribution in [3.8, 4) is 5.75 Å². The molecule has 1 aromatic rings. The highest BCUT2D eigenvalue weighted by Gasteiger charge is 1.99. The zero-order valence-corrected chi connectivity index (χ0v) is 18.7. The van der Waals surface area contributed by atoms with Crippen LogP contribution in [-0.2, 0) is 0 Å². The average molecular weight is 408 g/mol. The highest BCUT2D eigenvalue weighted by atomic mass is 16.4. The molecule has 0 amide bonds. The number of phenolic OH excluding ortho intramolecular Hbond substituents is 1. The first-order chi connectivity index (χ1) is 14.1. The summed E-state index contributed by atoms with van der Waals surface area (Å²) in [6, 6.07) is 5.36. The number of nitrogens with two attached hydrogens (primary N) is 1. The molecule has 168 valence electrons. The number of carbonyl (C=O) groups is 1. The van der Waals surface area contributed by atoms with Gasteiger partial charge in [0, 0.05) is 0 Å². The van der Waals surface area contributed by atoms with Gasteiger partial charge in [-0.25, -0.2) is 4.79 Å². The second kappa shape index (κ2) is 21.2. The molecular formula is C25H45NO3. The molecule has 0 spiro atoms. The van der Waals surface area contributed by atoms with Gasteiger partial charge in [0.1, 0.15) is 5.75 Å². The van der Waals surface area contributed by atoms with Crippen molar-refractivity contribution in [1.29, 1.82) is 0 Å². The lowest BCUT2D eigenvalue weighted by molar-refractivity contribution is 0.0697. The van der Waals surface area contributed by atoms with E-state index in [0.29, 0.717) is 0 Å². The molecule has 0 atom stereocenters. The lowest BCUT2D eigenvalue weighted by Crippen LogP contribution is -1.97. The van der Waals surface area contributed by atoms with Crippen LogP contribution in [0.25, 0.3) is 0 Å². The molecule has 0 saturated carbocycles. The highest BCUT2D eigenvalue weighted by Crippen LogP contribution is 2.13. The van der Waals surface area contributed by atoms with Crippen LogP contribution < -0.4 is 5.73 Å². The molecule has 0 aromatic heterocycles.